The third-order valence-electron chi connectivity index (χ3n) is 10.5. The van der Waals surface area contributed by atoms with Crippen LogP contribution in [0.1, 0.15) is 76.5 Å². The molecular formula is C35H45N5O7S2. The highest BCUT2D eigenvalue weighted by Crippen LogP contribution is 2.48. The number of nitrogens with zero attached hydrogens (tertiary/aromatic N) is 2. The smallest absolute Gasteiger partial charge is 0.411 e. The number of aryl methyl sites for hydroxylation is 2. The summed E-state index contributed by atoms with van der Waals surface area (Å²) >= 11 is 1.49. The molecule has 3 aliphatic carbocycles. The topological polar surface area (TPSA) is 164 Å². The molecule has 2 aromatic rings. The van der Waals surface area contributed by atoms with Gasteiger partial charge >= 0.3 is 6.09 Å². The molecule has 0 bridgehead atoms. The van der Waals surface area contributed by atoms with E-state index in [1.807, 2.05) is 49.6 Å². The van der Waals surface area contributed by atoms with E-state index in [1.165, 1.54) is 11.3 Å². The third kappa shape index (κ3) is 7.26. The molecule has 0 spiro atoms. The van der Waals surface area contributed by atoms with E-state index >= 15 is 0 Å². The van der Waals surface area contributed by atoms with Crippen molar-refractivity contribution in [3.63, 3.8) is 0 Å². The summed E-state index contributed by atoms with van der Waals surface area (Å²) in [5.74, 6) is -3.59. The fraction of sp³-hybridized carbons (Fsp3) is 0.571. The Morgan fingerprint density at radius 1 is 1.16 bits per heavy atom. The first kappa shape index (κ1) is 35.1. The molecule has 5 unspecified atom stereocenters. The average molecular weight is 712 g/mol. The van der Waals surface area contributed by atoms with Gasteiger partial charge < -0.3 is 15.0 Å². The summed E-state index contributed by atoms with van der Waals surface area (Å²) in [7, 11) is -2.23. The monoisotopic (exact) mass is 711 g/mol. The van der Waals surface area contributed by atoms with Gasteiger partial charge in [0, 0.05) is 30.5 Å². The van der Waals surface area contributed by atoms with Crippen molar-refractivity contribution in [1.29, 1.82) is 0 Å². The van der Waals surface area contributed by atoms with Crippen molar-refractivity contribution in [1.82, 2.24) is 19.9 Å². The molecule has 1 aromatic carbocycles. The molecule has 3 fully saturated rings. The van der Waals surface area contributed by atoms with Crippen LogP contribution in [0.25, 0.3) is 10.6 Å². The average Bonchev–Trinajstić information content (AvgIpc) is 3.83. The Morgan fingerprint density at radius 2 is 1.92 bits per heavy atom. The highest BCUT2D eigenvalue weighted by atomic mass is 32.2. The predicted molar refractivity (Wildman–Crippen MR) is 186 cm³/mol. The zero-order chi connectivity index (χ0) is 35.1. The number of thiazole rings is 1. The van der Waals surface area contributed by atoms with Gasteiger partial charge in [0.2, 0.25) is 21.8 Å². The maximum Gasteiger partial charge on any atom is 0.411 e. The van der Waals surface area contributed by atoms with Crippen molar-refractivity contribution in [3.8, 4) is 10.6 Å². The summed E-state index contributed by atoms with van der Waals surface area (Å²) in [6.07, 6.45) is 6.84. The number of anilines is 1. The van der Waals surface area contributed by atoms with Gasteiger partial charge in [0.15, 0.2) is 0 Å². The van der Waals surface area contributed by atoms with Crippen molar-refractivity contribution in [2.24, 2.45) is 17.8 Å². The van der Waals surface area contributed by atoms with Crippen LogP contribution in [0.4, 0.5) is 10.5 Å². The van der Waals surface area contributed by atoms with E-state index in [4.69, 9.17) is 4.74 Å². The lowest BCUT2D eigenvalue weighted by Crippen LogP contribution is -2.55. The summed E-state index contributed by atoms with van der Waals surface area (Å²) < 4.78 is 33.1. The first-order chi connectivity index (χ1) is 23.2. The first-order valence-electron chi connectivity index (χ1n) is 17.1. The standard InChI is InChI=1S/C35H45N5O7S2/c1-5-23-20-48-30(36-23)25-12-11-21(2)16-28(25)37-33(44)47-24-17-26-27(18-24)31(42)40(4)15-9-7-6-8-10-22-19-35(22,38-29(26)41)32(43)39-49(45,46)34(3)13-14-34/h8,10-12,16,20,22,24,26-27H,5-7,9,13-15,17-19H2,1-4H3,(H,37,44)(H,38,41)(H,39,43). The van der Waals surface area contributed by atoms with Crippen LogP contribution in [0.5, 0.6) is 0 Å². The lowest BCUT2D eigenvalue weighted by Gasteiger charge is -2.27. The van der Waals surface area contributed by atoms with Crippen LogP contribution in [0.3, 0.4) is 0 Å². The van der Waals surface area contributed by atoms with Crippen molar-refractivity contribution in [2.75, 3.05) is 18.9 Å². The molecule has 14 heteroatoms. The molecule has 264 valence electrons. The van der Waals surface area contributed by atoms with Gasteiger partial charge in [-0.2, -0.15) is 0 Å². The van der Waals surface area contributed by atoms with Gasteiger partial charge in [0.1, 0.15) is 16.7 Å². The quantitative estimate of drug-likeness (QED) is 0.348. The zero-order valence-electron chi connectivity index (χ0n) is 28.4. The summed E-state index contributed by atoms with van der Waals surface area (Å²) in [6.45, 7) is 6.06. The van der Waals surface area contributed by atoms with Crippen LogP contribution < -0.4 is 15.4 Å². The number of carbonyl (C=O) groups is 4. The normalized spacial score (nSPS) is 28.0. The maximum atomic E-state index is 14.0. The number of benzene rings is 1. The van der Waals surface area contributed by atoms with E-state index < -0.39 is 56.2 Å². The molecule has 2 heterocycles. The second-order valence-corrected chi connectivity index (χ2v) is 17.3. The Labute approximate surface area is 291 Å². The molecule has 1 aromatic heterocycles. The van der Waals surface area contributed by atoms with E-state index in [-0.39, 0.29) is 31.1 Å². The molecule has 0 saturated heterocycles. The van der Waals surface area contributed by atoms with Crippen molar-refractivity contribution in [2.45, 2.75) is 94.9 Å². The van der Waals surface area contributed by atoms with Crippen molar-refractivity contribution in [3.05, 3.63) is 47.0 Å². The SMILES string of the molecule is CCc1csc(-c2ccc(C)cc2NC(=O)OC2CC3C(=O)NC4(C(=O)NS(=O)(=O)C5(C)CC5)CC4C=CCCCCN(C)C(=O)C3C2)n1. The molecule has 1 aliphatic heterocycles. The minimum absolute atomic E-state index is 0.0745. The highest BCUT2D eigenvalue weighted by molar-refractivity contribution is 7.91. The van der Waals surface area contributed by atoms with Gasteiger partial charge in [-0.25, -0.2) is 18.2 Å². The molecule has 6 rings (SSSR count). The molecule has 3 N–H and O–H groups in total. The minimum atomic E-state index is -3.93. The Hall–Kier alpha value is -3.78. The largest absolute Gasteiger partial charge is 0.446 e. The fourth-order valence-corrected chi connectivity index (χ4v) is 9.08. The number of rotatable bonds is 7. The van der Waals surface area contributed by atoms with E-state index in [0.29, 0.717) is 25.1 Å². The van der Waals surface area contributed by atoms with E-state index in [9.17, 15) is 27.6 Å². The summed E-state index contributed by atoms with van der Waals surface area (Å²) in [5, 5.41) is 8.49. The van der Waals surface area contributed by atoms with Crippen LogP contribution in [-0.2, 0) is 35.6 Å². The Balaban J connectivity index is 1.21. The van der Waals surface area contributed by atoms with E-state index in [1.54, 1.807) is 18.9 Å². The van der Waals surface area contributed by atoms with Gasteiger partial charge in [0.25, 0.3) is 5.91 Å². The van der Waals surface area contributed by atoms with Gasteiger partial charge in [-0.05, 0) is 89.3 Å². The number of ether oxygens (including phenoxy) is 1. The lowest BCUT2D eigenvalue weighted by atomic mass is 9.93. The van der Waals surface area contributed by atoms with Gasteiger partial charge in [-0.1, -0.05) is 25.1 Å². The summed E-state index contributed by atoms with van der Waals surface area (Å²) in [4.78, 5) is 61.0. The Morgan fingerprint density at radius 3 is 2.63 bits per heavy atom. The maximum absolute atomic E-state index is 14.0. The number of hydrogen-bond acceptors (Lipinski definition) is 9. The predicted octanol–water partition coefficient (Wildman–Crippen LogP) is 4.70. The van der Waals surface area contributed by atoms with Gasteiger partial charge in [-0.15, -0.1) is 11.3 Å². The highest BCUT2D eigenvalue weighted by Gasteiger charge is 2.63. The fourth-order valence-electron chi connectivity index (χ4n) is 6.82. The van der Waals surface area contributed by atoms with E-state index in [0.717, 1.165) is 47.5 Å². The van der Waals surface area contributed by atoms with Crippen LogP contribution in [-0.4, -0.2) is 72.1 Å². The third-order valence-corrected chi connectivity index (χ3v) is 13.5. The zero-order valence-corrected chi connectivity index (χ0v) is 30.0. The summed E-state index contributed by atoms with van der Waals surface area (Å²) in [5.41, 5.74) is 1.76. The number of allylic oxidation sites excluding steroid dienone is 1. The first-order valence-corrected chi connectivity index (χ1v) is 19.4. The number of aromatic nitrogens is 1. The number of sulfonamides is 1. The molecule has 4 aliphatic rings. The van der Waals surface area contributed by atoms with Crippen LogP contribution in [0.15, 0.2) is 35.7 Å². The molecule has 5 atom stereocenters. The molecule has 3 saturated carbocycles. The Kier molecular flexibility index (Phi) is 9.66. The van der Waals surface area contributed by atoms with Crippen molar-refractivity contribution < 1.29 is 32.3 Å². The number of nitrogens with one attached hydrogen (secondary N) is 3. The number of carbonyl (C=O) groups excluding carboxylic acids is 4. The molecular weight excluding hydrogens is 667 g/mol. The number of amides is 4. The Bertz CT molecular complexity index is 1790. The summed E-state index contributed by atoms with van der Waals surface area (Å²) in [6, 6.07) is 5.70. The lowest BCUT2D eigenvalue weighted by molar-refractivity contribution is -0.140. The second kappa shape index (κ2) is 13.5. The molecule has 49 heavy (non-hydrogen) atoms. The molecule has 0 radical (unpaired) electrons. The minimum Gasteiger partial charge on any atom is -0.446 e. The van der Waals surface area contributed by atoms with Crippen LogP contribution in [0.2, 0.25) is 0 Å². The van der Waals surface area contributed by atoms with E-state index in [2.05, 4.69) is 20.3 Å². The van der Waals surface area contributed by atoms with Crippen LogP contribution >= 0.6 is 11.3 Å². The number of fused-ring (bicyclic) bond motifs is 2. The molecule has 12 nitrogen and oxygen atoms in total. The van der Waals surface area contributed by atoms with Crippen LogP contribution in [0, 0.1) is 24.7 Å². The van der Waals surface area contributed by atoms with Gasteiger partial charge in [-0.3, -0.25) is 24.4 Å². The molecule has 4 amide bonds. The van der Waals surface area contributed by atoms with Crippen molar-refractivity contribution >= 4 is 50.9 Å². The van der Waals surface area contributed by atoms with Gasteiger partial charge in [0.05, 0.1) is 28.0 Å². The number of hydrogen-bond donors (Lipinski definition) is 3. The second-order valence-electron chi connectivity index (χ2n) is 14.2.